The zero-order valence-electron chi connectivity index (χ0n) is 11.1. The Hall–Kier alpha value is -2.67. The molecule has 0 radical (unpaired) electrons. The normalized spacial score (nSPS) is 10.6. The Morgan fingerprint density at radius 3 is 1.65 bits per heavy atom. The second kappa shape index (κ2) is 4.78. The molecule has 3 aromatic carbocycles. The van der Waals surface area contributed by atoms with Crippen molar-refractivity contribution in [2.24, 2.45) is 0 Å². The third-order valence-electron chi connectivity index (χ3n) is 3.62. The van der Waals surface area contributed by atoms with Gasteiger partial charge in [-0.05, 0) is 21.7 Å². The van der Waals surface area contributed by atoms with E-state index in [1.54, 1.807) is 12.2 Å². The SMILES string of the molecule is C=Cc1c(C=C)c2ccccc2c2ccccc2c1=O. The second-order valence-electron chi connectivity index (χ2n) is 4.66. The minimum absolute atomic E-state index is 0.00157. The van der Waals surface area contributed by atoms with E-state index in [0.29, 0.717) is 10.9 Å². The fraction of sp³-hybridized carbons (Fsp3) is 0. The van der Waals surface area contributed by atoms with E-state index in [4.69, 9.17) is 0 Å². The lowest BCUT2D eigenvalue weighted by molar-refractivity contribution is 1.64. The average Bonchev–Trinajstić information content (AvgIpc) is 2.61. The van der Waals surface area contributed by atoms with Crippen molar-refractivity contribution in [3.05, 3.63) is 83.0 Å². The molecule has 0 aliphatic heterocycles. The lowest BCUT2D eigenvalue weighted by Gasteiger charge is -2.00. The van der Waals surface area contributed by atoms with Gasteiger partial charge in [-0.25, -0.2) is 0 Å². The summed E-state index contributed by atoms with van der Waals surface area (Å²) in [5.74, 6) is 0. The Kier molecular flexibility index (Phi) is 2.96. The molecular weight excluding hydrogens is 244 g/mol. The van der Waals surface area contributed by atoms with Crippen LogP contribution in [0.15, 0.2) is 66.5 Å². The van der Waals surface area contributed by atoms with Gasteiger partial charge in [-0.2, -0.15) is 0 Å². The molecule has 1 nitrogen and oxygen atoms in total. The van der Waals surface area contributed by atoms with Crippen LogP contribution in [-0.4, -0.2) is 0 Å². The maximum atomic E-state index is 12.7. The summed E-state index contributed by atoms with van der Waals surface area (Å²) in [6, 6.07) is 15.7. The third kappa shape index (κ3) is 1.68. The van der Waals surface area contributed by atoms with Crippen LogP contribution in [0.3, 0.4) is 0 Å². The first-order chi connectivity index (χ1) is 9.77. The van der Waals surface area contributed by atoms with E-state index in [9.17, 15) is 4.79 Å². The van der Waals surface area contributed by atoms with Crippen LogP contribution in [0.4, 0.5) is 0 Å². The van der Waals surface area contributed by atoms with Crippen LogP contribution in [0.1, 0.15) is 11.1 Å². The summed E-state index contributed by atoms with van der Waals surface area (Å²) < 4.78 is 0. The first-order valence-corrected chi connectivity index (χ1v) is 6.50. The predicted molar refractivity (Wildman–Crippen MR) is 87.9 cm³/mol. The summed E-state index contributed by atoms with van der Waals surface area (Å²) in [5, 5.41) is 3.76. The van der Waals surface area contributed by atoms with Crippen LogP contribution in [0, 0.1) is 0 Å². The van der Waals surface area contributed by atoms with Gasteiger partial charge in [-0.1, -0.05) is 73.8 Å². The highest BCUT2D eigenvalue weighted by molar-refractivity contribution is 6.09. The van der Waals surface area contributed by atoms with E-state index >= 15 is 0 Å². The van der Waals surface area contributed by atoms with E-state index in [0.717, 1.165) is 21.7 Å². The monoisotopic (exact) mass is 258 g/mol. The zero-order chi connectivity index (χ0) is 14.1. The van der Waals surface area contributed by atoms with E-state index < -0.39 is 0 Å². The molecule has 0 fully saturated rings. The van der Waals surface area contributed by atoms with Gasteiger partial charge in [0, 0.05) is 10.9 Å². The molecule has 0 N–H and O–H groups in total. The largest absolute Gasteiger partial charge is 0.289 e. The first-order valence-electron chi connectivity index (χ1n) is 6.50. The van der Waals surface area contributed by atoms with E-state index in [2.05, 4.69) is 13.2 Å². The number of fused-ring (bicyclic) bond motifs is 3. The Morgan fingerprint density at radius 2 is 1.10 bits per heavy atom. The van der Waals surface area contributed by atoms with Crippen molar-refractivity contribution in [1.82, 2.24) is 0 Å². The van der Waals surface area contributed by atoms with Crippen molar-refractivity contribution < 1.29 is 0 Å². The van der Waals surface area contributed by atoms with Gasteiger partial charge >= 0.3 is 0 Å². The molecule has 0 amide bonds. The highest BCUT2D eigenvalue weighted by atomic mass is 16.1. The molecule has 3 aromatic rings. The van der Waals surface area contributed by atoms with Gasteiger partial charge in [-0.3, -0.25) is 4.79 Å². The zero-order valence-corrected chi connectivity index (χ0v) is 11.1. The second-order valence-corrected chi connectivity index (χ2v) is 4.66. The number of rotatable bonds is 2. The molecule has 96 valence electrons. The van der Waals surface area contributed by atoms with Gasteiger partial charge in [0.1, 0.15) is 0 Å². The van der Waals surface area contributed by atoms with Crippen molar-refractivity contribution in [2.75, 3.05) is 0 Å². The van der Waals surface area contributed by atoms with Gasteiger partial charge in [-0.15, -0.1) is 0 Å². The van der Waals surface area contributed by atoms with Gasteiger partial charge in [0.15, 0.2) is 5.43 Å². The van der Waals surface area contributed by atoms with Crippen LogP contribution >= 0.6 is 0 Å². The Morgan fingerprint density at radius 1 is 0.650 bits per heavy atom. The minimum atomic E-state index is 0.00157. The molecule has 0 atom stereocenters. The molecule has 0 saturated carbocycles. The van der Waals surface area contributed by atoms with E-state index in [-0.39, 0.29) is 5.43 Å². The molecule has 1 heteroatoms. The van der Waals surface area contributed by atoms with Crippen LogP contribution in [-0.2, 0) is 0 Å². The van der Waals surface area contributed by atoms with Gasteiger partial charge in [0.05, 0.1) is 0 Å². The van der Waals surface area contributed by atoms with Crippen molar-refractivity contribution >= 4 is 33.7 Å². The highest BCUT2D eigenvalue weighted by Crippen LogP contribution is 2.27. The highest BCUT2D eigenvalue weighted by Gasteiger charge is 2.09. The Balaban J connectivity index is 2.82. The van der Waals surface area contributed by atoms with Crippen molar-refractivity contribution in [1.29, 1.82) is 0 Å². The molecule has 0 unspecified atom stereocenters. The van der Waals surface area contributed by atoms with E-state index in [1.807, 2.05) is 48.5 Å². The molecular formula is C19H14O. The topological polar surface area (TPSA) is 17.1 Å². The van der Waals surface area contributed by atoms with Crippen LogP contribution < -0.4 is 5.43 Å². The van der Waals surface area contributed by atoms with Crippen molar-refractivity contribution in [3.8, 4) is 0 Å². The number of hydrogen-bond acceptors (Lipinski definition) is 1. The third-order valence-corrected chi connectivity index (χ3v) is 3.62. The molecule has 0 heterocycles. The summed E-state index contributed by atoms with van der Waals surface area (Å²) in [5.41, 5.74) is 1.45. The molecule has 0 bridgehead atoms. The molecule has 20 heavy (non-hydrogen) atoms. The molecule has 0 aliphatic carbocycles. The smallest absolute Gasteiger partial charge is 0.194 e. The summed E-state index contributed by atoms with van der Waals surface area (Å²) in [4.78, 5) is 12.7. The maximum Gasteiger partial charge on any atom is 0.194 e. The van der Waals surface area contributed by atoms with Crippen molar-refractivity contribution in [2.45, 2.75) is 0 Å². The van der Waals surface area contributed by atoms with Gasteiger partial charge < -0.3 is 0 Å². The standard InChI is InChI=1S/C19H14O/c1-3-13-14(4-2)19(20)18-12-8-7-11-17(18)16-10-6-5-9-15(13)16/h3-12H,1-2H2. The summed E-state index contributed by atoms with van der Waals surface area (Å²) in [6.07, 6.45) is 3.36. The molecule has 3 rings (SSSR count). The van der Waals surface area contributed by atoms with Crippen LogP contribution in [0.25, 0.3) is 33.7 Å². The van der Waals surface area contributed by atoms with Gasteiger partial charge in [0.2, 0.25) is 0 Å². The lowest BCUT2D eigenvalue weighted by Crippen LogP contribution is -2.03. The first kappa shape index (κ1) is 12.4. The molecule has 0 aromatic heterocycles. The van der Waals surface area contributed by atoms with Crippen LogP contribution in [0.5, 0.6) is 0 Å². The summed E-state index contributed by atoms with van der Waals surface area (Å²) in [6.45, 7) is 7.66. The lowest BCUT2D eigenvalue weighted by atomic mass is 10.0. The van der Waals surface area contributed by atoms with Gasteiger partial charge in [0.25, 0.3) is 0 Å². The Bertz CT molecular complexity index is 904. The number of benzene rings is 2. The minimum Gasteiger partial charge on any atom is -0.289 e. The number of hydrogen-bond donors (Lipinski definition) is 0. The van der Waals surface area contributed by atoms with Crippen LogP contribution in [0.2, 0.25) is 0 Å². The predicted octanol–water partition coefficient (Wildman–Crippen LogP) is 4.64. The Labute approximate surface area is 117 Å². The quantitative estimate of drug-likeness (QED) is 0.654. The molecule has 0 aliphatic rings. The van der Waals surface area contributed by atoms with Crippen molar-refractivity contribution in [3.63, 3.8) is 0 Å². The maximum absolute atomic E-state index is 12.7. The van der Waals surface area contributed by atoms with E-state index in [1.165, 1.54) is 0 Å². The summed E-state index contributed by atoms with van der Waals surface area (Å²) in [7, 11) is 0. The average molecular weight is 258 g/mol. The fourth-order valence-corrected chi connectivity index (χ4v) is 2.70. The fourth-order valence-electron chi connectivity index (χ4n) is 2.70. The molecule has 0 saturated heterocycles. The summed E-state index contributed by atoms with van der Waals surface area (Å²) >= 11 is 0. The molecule has 0 spiro atoms.